The molecule has 26 heavy (non-hydrogen) atoms. The number of imide groups is 2. The van der Waals surface area contributed by atoms with Crippen molar-refractivity contribution < 1.29 is 24.2 Å². The molecule has 0 spiro atoms. The molecule has 2 N–H and O–H groups in total. The van der Waals surface area contributed by atoms with Crippen LogP contribution in [0.5, 0.6) is 11.5 Å². The number of phenolic OH excluding ortho intramolecular Hbond substituents is 1. The van der Waals surface area contributed by atoms with Crippen LogP contribution >= 0.6 is 0 Å². The number of ether oxygens (including phenoxy) is 1. The molecule has 0 aromatic heterocycles. The van der Waals surface area contributed by atoms with Gasteiger partial charge < -0.3 is 9.84 Å². The summed E-state index contributed by atoms with van der Waals surface area (Å²) in [5.74, 6) is -1.11. The number of anilines is 1. The zero-order valence-electron chi connectivity index (χ0n) is 13.9. The van der Waals surface area contributed by atoms with Crippen molar-refractivity contribution in [1.82, 2.24) is 5.32 Å². The number of carbonyl (C=O) groups excluding carboxylic acids is 3. The van der Waals surface area contributed by atoms with E-state index in [2.05, 4.69) is 5.32 Å². The van der Waals surface area contributed by atoms with Crippen molar-refractivity contribution >= 4 is 29.6 Å². The minimum atomic E-state index is -0.838. The van der Waals surface area contributed by atoms with Crippen molar-refractivity contribution in [2.75, 3.05) is 11.5 Å². The molecule has 2 aromatic carbocycles. The fourth-order valence-electron chi connectivity index (χ4n) is 2.53. The van der Waals surface area contributed by atoms with Gasteiger partial charge in [-0.3, -0.25) is 14.9 Å². The van der Waals surface area contributed by atoms with Gasteiger partial charge in [0.2, 0.25) is 0 Å². The third-order valence-corrected chi connectivity index (χ3v) is 3.71. The zero-order chi connectivity index (χ0) is 18.7. The van der Waals surface area contributed by atoms with E-state index in [1.807, 2.05) is 0 Å². The molecule has 7 nitrogen and oxygen atoms in total. The smallest absolute Gasteiger partial charge is 0.336 e. The van der Waals surface area contributed by atoms with Gasteiger partial charge >= 0.3 is 6.03 Å². The van der Waals surface area contributed by atoms with Gasteiger partial charge in [0, 0.05) is 0 Å². The number of hydrogen-bond donors (Lipinski definition) is 2. The molecule has 0 bridgehead atoms. The number of barbiturate groups is 1. The largest absolute Gasteiger partial charge is 0.508 e. The van der Waals surface area contributed by atoms with Crippen LogP contribution in [-0.2, 0) is 9.59 Å². The maximum atomic E-state index is 12.8. The summed E-state index contributed by atoms with van der Waals surface area (Å²) in [6.07, 6.45) is 1.36. The standard InChI is InChI=1S/C19H16N2O5/c1-2-26-16-6-4-3-5-15(16)21-18(24)14(17(23)20-19(21)25)11-12-7-9-13(22)10-8-12/h3-11,22H,2H2,1H3,(H,20,23,25)/b14-11+. The number of amides is 4. The van der Waals surface area contributed by atoms with Crippen LogP contribution in [0.15, 0.2) is 54.1 Å². The zero-order valence-corrected chi connectivity index (χ0v) is 13.9. The first kappa shape index (κ1) is 17.2. The Labute approximate surface area is 149 Å². The maximum absolute atomic E-state index is 12.8. The second-order valence-corrected chi connectivity index (χ2v) is 5.45. The number of nitrogens with one attached hydrogen (secondary N) is 1. The summed E-state index contributed by atoms with van der Waals surface area (Å²) < 4.78 is 5.47. The molecule has 7 heteroatoms. The number of para-hydroxylation sites is 2. The number of hydrogen-bond acceptors (Lipinski definition) is 5. The van der Waals surface area contributed by atoms with Gasteiger partial charge in [0.15, 0.2) is 0 Å². The average molecular weight is 352 g/mol. The lowest BCUT2D eigenvalue weighted by atomic mass is 10.1. The summed E-state index contributed by atoms with van der Waals surface area (Å²) in [5.41, 5.74) is 0.594. The topological polar surface area (TPSA) is 95.9 Å². The Hall–Kier alpha value is -3.61. The van der Waals surface area contributed by atoms with Gasteiger partial charge in [-0.15, -0.1) is 0 Å². The van der Waals surface area contributed by atoms with E-state index in [1.54, 1.807) is 43.3 Å². The molecule has 0 aliphatic carbocycles. The first-order valence-corrected chi connectivity index (χ1v) is 7.93. The number of urea groups is 1. The van der Waals surface area contributed by atoms with Crippen LogP contribution in [0.2, 0.25) is 0 Å². The lowest BCUT2D eigenvalue weighted by Crippen LogP contribution is -2.54. The second kappa shape index (κ2) is 7.10. The highest BCUT2D eigenvalue weighted by Gasteiger charge is 2.38. The van der Waals surface area contributed by atoms with Gasteiger partial charge in [-0.05, 0) is 42.8 Å². The fraction of sp³-hybridized carbons (Fsp3) is 0.105. The van der Waals surface area contributed by atoms with Crippen molar-refractivity contribution in [2.24, 2.45) is 0 Å². The SMILES string of the molecule is CCOc1ccccc1N1C(=O)NC(=O)/C(=C\c2ccc(O)cc2)C1=O. The van der Waals surface area contributed by atoms with E-state index in [0.717, 1.165) is 4.90 Å². The van der Waals surface area contributed by atoms with Crippen molar-refractivity contribution in [2.45, 2.75) is 6.92 Å². The van der Waals surface area contributed by atoms with Crippen LogP contribution < -0.4 is 15.0 Å². The van der Waals surface area contributed by atoms with Gasteiger partial charge in [0.05, 0.1) is 12.3 Å². The van der Waals surface area contributed by atoms with Gasteiger partial charge in [-0.2, -0.15) is 0 Å². The van der Waals surface area contributed by atoms with E-state index in [4.69, 9.17) is 4.74 Å². The van der Waals surface area contributed by atoms with Gasteiger partial charge in [-0.1, -0.05) is 24.3 Å². The summed E-state index contributed by atoms with van der Waals surface area (Å²) >= 11 is 0. The van der Waals surface area contributed by atoms with Crippen LogP contribution in [0.1, 0.15) is 12.5 Å². The quantitative estimate of drug-likeness (QED) is 0.651. The molecule has 1 aliphatic heterocycles. The van der Waals surface area contributed by atoms with Gasteiger partial charge in [-0.25, -0.2) is 9.69 Å². The molecule has 3 rings (SSSR count). The molecule has 1 saturated heterocycles. The monoisotopic (exact) mass is 352 g/mol. The van der Waals surface area contributed by atoms with Crippen LogP contribution in [0.3, 0.4) is 0 Å². The number of carbonyl (C=O) groups is 3. The first-order valence-electron chi connectivity index (χ1n) is 7.93. The third-order valence-electron chi connectivity index (χ3n) is 3.71. The highest BCUT2D eigenvalue weighted by atomic mass is 16.5. The highest BCUT2D eigenvalue weighted by Crippen LogP contribution is 2.31. The van der Waals surface area contributed by atoms with Crippen LogP contribution in [-0.4, -0.2) is 29.6 Å². The van der Waals surface area contributed by atoms with Gasteiger partial charge in [0.25, 0.3) is 11.8 Å². The van der Waals surface area contributed by atoms with Gasteiger partial charge in [0.1, 0.15) is 17.1 Å². The Morgan fingerprint density at radius 2 is 1.77 bits per heavy atom. The van der Waals surface area contributed by atoms with Crippen LogP contribution in [0.25, 0.3) is 6.08 Å². The Bertz CT molecular complexity index is 902. The molecule has 0 radical (unpaired) electrons. The van der Waals surface area contributed by atoms with E-state index < -0.39 is 17.8 Å². The molecule has 0 saturated carbocycles. The molecule has 1 fully saturated rings. The Morgan fingerprint density at radius 1 is 1.08 bits per heavy atom. The molecule has 1 aliphatic rings. The predicted octanol–water partition coefficient (Wildman–Crippen LogP) is 2.46. The summed E-state index contributed by atoms with van der Waals surface area (Å²) in [6, 6.07) is 11.7. The van der Waals surface area contributed by atoms with E-state index in [9.17, 15) is 19.5 Å². The fourth-order valence-corrected chi connectivity index (χ4v) is 2.53. The van der Waals surface area contributed by atoms with Crippen molar-refractivity contribution in [3.8, 4) is 11.5 Å². The molecule has 2 aromatic rings. The molecule has 132 valence electrons. The van der Waals surface area contributed by atoms with Crippen molar-refractivity contribution in [3.05, 3.63) is 59.7 Å². The molecular weight excluding hydrogens is 336 g/mol. The van der Waals surface area contributed by atoms with E-state index in [1.165, 1.54) is 18.2 Å². The number of benzene rings is 2. The lowest BCUT2D eigenvalue weighted by molar-refractivity contribution is -0.122. The van der Waals surface area contributed by atoms with E-state index >= 15 is 0 Å². The Kier molecular flexibility index (Phi) is 4.70. The number of phenols is 1. The molecule has 1 heterocycles. The van der Waals surface area contributed by atoms with Crippen LogP contribution in [0.4, 0.5) is 10.5 Å². The van der Waals surface area contributed by atoms with E-state index in [0.29, 0.717) is 17.9 Å². The number of aromatic hydroxyl groups is 1. The summed E-state index contributed by atoms with van der Waals surface area (Å²) in [4.78, 5) is 38.1. The highest BCUT2D eigenvalue weighted by molar-refractivity contribution is 6.39. The summed E-state index contributed by atoms with van der Waals surface area (Å²) in [5, 5.41) is 11.5. The summed E-state index contributed by atoms with van der Waals surface area (Å²) in [7, 11) is 0. The number of rotatable bonds is 4. The third kappa shape index (κ3) is 3.27. The lowest BCUT2D eigenvalue weighted by Gasteiger charge is -2.27. The summed E-state index contributed by atoms with van der Waals surface area (Å²) in [6.45, 7) is 2.14. The minimum Gasteiger partial charge on any atom is -0.508 e. The van der Waals surface area contributed by atoms with Crippen LogP contribution in [0, 0.1) is 0 Å². The van der Waals surface area contributed by atoms with Crippen molar-refractivity contribution in [1.29, 1.82) is 0 Å². The van der Waals surface area contributed by atoms with E-state index in [-0.39, 0.29) is 17.0 Å². The minimum absolute atomic E-state index is 0.0639. The first-order chi connectivity index (χ1) is 12.5. The second-order valence-electron chi connectivity index (χ2n) is 5.45. The Morgan fingerprint density at radius 3 is 2.46 bits per heavy atom. The maximum Gasteiger partial charge on any atom is 0.336 e. The molecule has 4 amide bonds. The predicted molar refractivity (Wildman–Crippen MR) is 94.7 cm³/mol. The molecular formula is C19H16N2O5. The molecule has 0 unspecified atom stereocenters. The Balaban J connectivity index is 2.02. The average Bonchev–Trinajstić information content (AvgIpc) is 2.62. The normalized spacial score (nSPS) is 16.0. The molecule has 0 atom stereocenters. The number of nitrogens with zero attached hydrogens (tertiary/aromatic N) is 1. The van der Waals surface area contributed by atoms with Crippen molar-refractivity contribution in [3.63, 3.8) is 0 Å².